The van der Waals surface area contributed by atoms with Gasteiger partial charge in [0.05, 0.1) is 41.3 Å². The van der Waals surface area contributed by atoms with Crippen LogP contribution in [0.25, 0.3) is 88.7 Å². The van der Waals surface area contributed by atoms with Gasteiger partial charge in [-0.25, -0.2) is 20.2 Å². The van der Waals surface area contributed by atoms with Gasteiger partial charge in [-0.05, 0) is 84.4 Å². The number of rotatable bonds is 17. The third-order valence-electron chi connectivity index (χ3n) is 11.3. The molecule has 0 saturated carbocycles. The van der Waals surface area contributed by atoms with E-state index in [9.17, 15) is 10.5 Å². The third kappa shape index (κ3) is 8.73. The summed E-state index contributed by atoms with van der Waals surface area (Å²) in [5, 5.41) is 24.4. The average molecular weight is 931 g/mol. The fourth-order valence-corrected chi connectivity index (χ4v) is 18.4. The van der Waals surface area contributed by atoms with Crippen LogP contribution in [0, 0.1) is 47.6 Å². The van der Waals surface area contributed by atoms with Crippen molar-refractivity contribution in [3.8, 4) is 41.4 Å². The van der Waals surface area contributed by atoms with Crippen molar-refractivity contribution in [1.29, 1.82) is 10.5 Å². The number of fused-ring (bicyclic) bond motifs is 6. The maximum atomic E-state index is 9.57. The van der Waals surface area contributed by atoms with Gasteiger partial charge < -0.3 is 0 Å². The maximum Gasteiger partial charge on any atom is 0.263 e. The molecule has 8 heterocycles. The summed E-state index contributed by atoms with van der Waals surface area (Å²) >= 11 is 14.7. The smallest absolute Gasteiger partial charge is 0.227 e. The van der Waals surface area contributed by atoms with E-state index in [0.29, 0.717) is 11.8 Å². The molecule has 0 saturated heterocycles. The van der Waals surface area contributed by atoms with Crippen LogP contribution < -0.4 is 0 Å². The van der Waals surface area contributed by atoms with Crippen LogP contribution in [0.15, 0.2) is 47.8 Å². The standard InChI is InChI=1S/C48H42N4S8/c1-7-11-13-27(9-3)15-29-17-39(53-37(29)19-31(25-49)51-5)41-21-33-35-23-43(57-47(35)59-45(33)55-41)44-24-36-34-22-42(56-46(34)60-48(36)58-44)40-18-30(16-28(10-4)14-12-8-2)38(54-40)20-32(26-50)52-6/h17-24,27-28H,7-16H2,1-4H3/b31-19-,32-20+. The van der Waals surface area contributed by atoms with E-state index in [-0.39, 0.29) is 11.4 Å². The highest BCUT2D eigenvalue weighted by molar-refractivity contribution is 7.52. The lowest BCUT2D eigenvalue weighted by Gasteiger charge is -2.14. The lowest BCUT2D eigenvalue weighted by atomic mass is 9.92. The Kier molecular flexibility index (Phi) is 13.5. The Morgan fingerprint density at radius 2 is 0.867 bits per heavy atom. The lowest BCUT2D eigenvalue weighted by molar-refractivity contribution is 0.449. The van der Waals surface area contributed by atoms with Crippen molar-refractivity contribution in [2.75, 3.05) is 0 Å². The zero-order chi connectivity index (χ0) is 41.9. The van der Waals surface area contributed by atoms with Crippen molar-refractivity contribution >= 4 is 140 Å². The van der Waals surface area contributed by atoms with Crippen molar-refractivity contribution in [1.82, 2.24) is 0 Å². The quantitative estimate of drug-likeness (QED) is 0.0675. The molecule has 8 aromatic heterocycles. The minimum Gasteiger partial charge on any atom is -0.227 e. The van der Waals surface area contributed by atoms with E-state index in [4.69, 9.17) is 13.1 Å². The number of hydrogen-bond donors (Lipinski definition) is 0. The molecular formula is C48H42N4S8. The highest BCUT2D eigenvalue weighted by atomic mass is 32.2. The van der Waals surface area contributed by atoms with E-state index in [2.05, 4.69) is 85.9 Å². The Hall–Kier alpha value is -3.92. The summed E-state index contributed by atoms with van der Waals surface area (Å²) < 4.78 is 5.41. The second kappa shape index (κ2) is 19.0. The fourth-order valence-electron chi connectivity index (χ4n) is 7.83. The molecular weight excluding hydrogens is 889 g/mol. The SMILES string of the molecule is [C-]#[N+]/C(C#N)=C\c1sc(-c2cc3c(s2)sc2sc(-c4cc5c(s4)sc4sc(-c6cc(CC(CC)CCCC)c(/C=C(\C#N)[N+]#[C-])s6)cc45)cc23)cc1CC(CC)CCCC. The minimum absolute atomic E-state index is 0.144. The Morgan fingerprint density at radius 3 is 1.15 bits per heavy atom. The molecule has 2 atom stereocenters. The summed E-state index contributed by atoms with van der Waals surface area (Å²) in [6.07, 6.45) is 15.0. The first-order valence-electron chi connectivity index (χ1n) is 20.5. The molecule has 0 aliphatic heterocycles. The van der Waals surface area contributed by atoms with Gasteiger partial charge in [-0.3, -0.25) is 0 Å². The van der Waals surface area contributed by atoms with Gasteiger partial charge in [0, 0.05) is 60.6 Å². The summed E-state index contributed by atoms with van der Waals surface area (Å²) in [5.41, 5.74) is 2.81. The molecule has 0 aliphatic carbocycles. The summed E-state index contributed by atoms with van der Waals surface area (Å²) in [7, 11) is 0. The van der Waals surface area contributed by atoms with Crippen molar-refractivity contribution < 1.29 is 0 Å². The molecule has 4 nitrogen and oxygen atoms in total. The second-order valence-electron chi connectivity index (χ2n) is 15.2. The van der Waals surface area contributed by atoms with Gasteiger partial charge in [-0.1, -0.05) is 79.1 Å². The van der Waals surface area contributed by atoms with Crippen molar-refractivity contribution in [2.24, 2.45) is 11.8 Å². The molecule has 0 amide bonds. The van der Waals surface area contributed by atoms with E-state index in [1.54, 1.807) is 34.8 Å². The second-order valence-corrected chi connectivity index (χ2v) is 24.7. The normalized spacial score (nSPS) is 13.3. The van der Waals surface area contributed by atoms with E-state index >= 15 is 0 Å². The molecule has 60 heavy (non-hydrogen) atoms. The zero-order valence-corrected chi connectivity index (χ0v) is 40.4. The fraction of sp³-hybridized carbons (Fsp3) is 0.333. The van der Waals surface area contributed by atoms with Gasteiger partial charge in [0.15, 0.2) is 0 Å². The van der Waals surface area contributed by atoms with Crippen LogP contribution in [0.4, 0.5) is 0 Å². The number of nitrogens with zero attached hydrogens (tertiary/aromatic N) is 4. The summed E-state index contributed by atoms with van der Waals surface area (Å²) in [6.45, 7) is 24.0. The highest BCUT2D eigenvalue weighted by Gasteiger charge is 2.22. The predicted molar refractivity (Wildman–Crippen MR) is 270 cm³/mol. The molecule has 0 spiro atoms. The first-order valence-corrected chi connectivity index (χ1v) is 27.0. The number of thiophene rings is 8. The van der Waals surface area contributed by atoms with Crippen LogP contribution in [0.5, 0.6) is 0 Å². The number of unbranched alkanes of at least 4 members (excludes halogenated alkanes) is 2. The zero-order valence-electron chi connectivity index (χ0n) is 33.9. The first kappa shape index (κ1) is 42.8. The number of allylic oxidation sites excluding steroid dienone is 2. The molecule has 0 bridgehead atoms. The monoisotopic (exact) mass is 930 g/mol. The Labute approximate surface area is 384 Å². The van der Waals surface area contributed by atoms with Crippen LogP contribution in [-0.4, -0.2) is 0 Å². The molecule has 0 aliphatic rings. The molecule has 0 N–H and O–H groups in total. The van der Waals surface area contributed by atoms with Crippen molar-refractivity contribution in [3.63, 3.8) is 0 Å². The van der Waals surface area contributed by atoms with E-state index in [1.807, 2.05) is 68.0 Å². The Balaban J connectivity index is 1.09. The van der Waals surface area contributed by atoms with Crippen LogP contribution in [0.3, 0.4) is 0 Å². The molecule has 12 heteroatoms. The van der Waals surface area contributed by atoms with Gasteiger partial charge in [0.25, 0.3) is 11.4 Å². The molecule has 0 fully saturated rings. The average Bonchev–Trinajstić information content (AvgIpc) is 4.12. The van der Waals surface area contributed by atoms with E-state index in [1.165, 1.54) is 117 Å². The summed E-state index contributed by atoms with van der Waals surface area (Å²) in [6, 6.07) is 18.3. The van der Waals surface area contributed by atoms with E-state index < -0.39 is 0 Å². The molecule has 0 aromatic carbocycles. The van der Waals surface area contributed by atoms with Gasteiger partial charge >= 0.3 is 0 Å². The summed E-state index contributed by atoms with van der Waals surface area (Å²) in [5.74, 6) is 1.19. The molecule has 302 valence electrons. The maximum absolute atomic E-state index is 9.57. The number of hydrogen-bond acceptors (Lipinski definition) is 10. The van der Waals surface area contributed by atoms with Crippen LogP contribution >= 0.6 is 90.7 Å². The number of nitriles is 2. The van der Waals surface area contributed by atoms with Crippen molar-refractivity contribution in [3.05, 3.63) is 91.5 Å². The van der Waals surface area contributed by atoms with Crippen LogP contribution in [0.1, 0.15) is 99.9 Å². The van der Waals surface area contributed by atoms with Gasteiger partial charge in [-0.2, -0.15) is 0 Å². The lowest BCUT2D eigenvalue weighted by Crippen LogP contribution is -2.03. The largest absolute Gasteiger partial charge is 0.263 e. The first-order chi connectivity index (χ1) is 29.3. The van der Waals surface area contributed by atoms with Gasteiger partial charge in [0.1, 0.15) is 0 Å². The minimum atomic E-state index is 0.144. The highest BCUT2D eigenvalue weighted by Crippen LogP contribution is 2.53. The van der Waals surface area contributed by atoms with Crippen molar-refractivity contribution in [2.45, 2.75) is 91.9 Å². The van der Waals surface area contributed by atoms with E-state index in [0.717, 1.165) is 35.4 Å². The topological polar surface area (TPSA) is 56.3 Å². The molecule has 2 unspecified atom stereocenters. The van der Waals surface area contributed by atoms with Gasteiger partial charge in [0.2, 0.25) is 0 Å². The predicted octanol–water partition coefficient (Wildman–Crippen LogP) is 18.9. The van der Waals surface area contributed by atoms with Crippen LogP contribution in [-0.2, 0) is 12.8 Å². The molecule has 0 radical (unpaired) electrons. The Bertz CT molecular complexity index is 2830. The Morgan fingerprint density at radius 1 is 0.533 bits per heavy atom. The summed E-state index contributed by atoms with van der Waals surface area (Å²) in [4.78, 5) is 16.6. The molecule has 8 aromatic rings. The molecule has 8 rings (SSSR count). The van der Waals surface area contributed by atoms with Crippen LogP contribution in [0.2, 0.25) is 0 Å². The third-order valence-corrected chi connectivity index (χ3v) is 21.4. The van der Waals surface area contributed by atoms with Gasteiger partial charge in [-0.15, -0.1) is 90.7 Å².